The van der Waals surface area contributed by atoms with E-state index in [-0.39, 0.29) is 10.8 Å². The van der Waals surface area contributed by atoms with E-state index in [0.29, 0.717) is 10.8 Å². The van der Waals surface area contributed by atoms with Crippen molar-refractivity contribution in [2.75, 3.05) is 4.90 Å². The van der Waals surface area contributed by atoms with Gasteiger partial charge in [0.25, 0.3) is 0 Å². The van der Waals surface area contributed by atoms with Crippen LogP contribution in [-0.4, -0.2) is 31.9 Å². The quantitative estimate of drug-likeness (QED) is 0.0839. The predicted molar refractivity (Wildman–Crippen MR) is 273 cm³/mol. The number of aromatic hydroxyl groups is 4. The first kappa shape index (κ1) is 44.3. The summed E-state index contributed by atoms with van der Waals surface area (Å²) in [5.41, 5.74) is 11.6. The fourth-order valence-electron chi connectivity index (χ4n) is 8.34. The molecule has 8 nitrogen and oxygen atoms in total. The molecule has 0 heterocycles. The Morgan fingerprint density at radius 1 is 0.485 bits per heavy atom. The number of ketones is 1. The lowest BCUT2D eigenvalue weighted by atomic mass is 9.81. The highest BCUT2D eigenvalue weighted by atomic mass is 16.3. The molecular weight excluding hydrogens is 845 g/mol. The summed E-state index contributed by atoms with van der Waals surface area (Å²) in [7, 11) is 0. The Labute approximate surface area is 395 Å². The molecule has 0 unspecified atom stereocenters. The molecule has 0 radical (unpaired) electrons. The fourth-order valence-corrected chi connectivity index (χ4v) is 8.34. The molecule has 2 aliphatic rings. The summed E-state index contributed by atoms with van der Waals surface area (Å²) in [5, 5.41) is 57.9. The Bertz CT molecular complexity index is 3280. The van der Waals surface area contributed by atoms with Crippen LogP contribution in [0, 0.1) is 27.7 Å². The fraction of sp³-hybridized carbons (Fsp3) is 0.0667. The van der Waals surface area contributed by atoms with Crippen LogP contribution in [0.2, 0.25) is 0 Å². The molecule has 4 N–H and O–H groups in total. The zero-order valence-electron chi connectivity index (χ0n) is 38.0. The molecule has 8 heteroatoms. The molecule has 68 heavy (non-hydrogen) atoms. The van der Waals surface area contributed by atoms with Crippen LogP contribution in [0.15, 0.2) is 187 Å². The van der Waals surface area contributed by atoms with Crippen LogP contribution in [0.3, 0.4) is 0 Å². The Morgan fingerprint density at radius 3 is 1.37 bits per heavy atom. The van der Waals surface area contributed by atoms with Gasteiger partial charge < -0.3 is 30.4 Å². The number of rotatable bonds is 9. The maximum atomic E-state index is 13.6. The third-order valence-corrected chi connectivity index (χ3v) is 12.1. The normalized spacial score (nSPS) is 13.3. The molecule has 7 aromatic carbocycles. The Balaban J connectivity index is 0.941. The van der Waals surface area contributed by atoms with Crippen LogP contribution in [0.4, 0.5) is 28.4 Å². The summed E-state index contributed by atoms with van der Waals surface area (Å²) in [5.74, 6) is -3.53. The van der Waals surface area contributed by atoms with Gasteiger partial charge in [-0.2, -0.15) is 4.58 Å². The second kappa shape index (κ2) is 18.5. The number of hydrogen-bond acceptors (Lipinski definition) is 7. The Hall–Kier alpha value is -8.88. The monoisotopic (exact) mass is 892 g/mol. The Kier molecular flexibility index (Phi) is 12.1. The smallest absolute Gasteiger partial charge is 0.211 e. The number of aryl methyl sites for hydroxylation is 4. The number of benzene rings is 7. The van der Waals surface area contributed by atoms with Crippen LogP contribution in [-0.2, 0) is 4.79 Å². The second-order valence-corrected chi connectivity index (χ2v) is 17.1. The van der Waals surface area contributed by atoms with Crippen molar-refractivity contribution in [3.63, 3.8) is 0 Å². The average Bonchev–Trinajstić information content (AvgIpc) is 3.33. The highest BCUT2D eigenvalue weighted by Crippen LogP contribution is 2.44. The van der Waals surface area contributed by atoms with Gasteiger partial charge in [-0.15, -0.1) is 0 Å². The van der Waals surface area contributed by atoms with Crippen LogP contribution in [0.5, 0.6) is 23.0 Å². The first-order valence-electron chi connectivity index (χ1n) is 22.2. The lowest BCUT2D eigenvalue weighted by molar-refractivity contribution is -0.293. The van der Waals surface area contributed by atoms with Crippen molar-refractivity contribution in [1.82, 2.24) is 4.58 Å². The van der Waals surface area contributed by atoms with Crippen LogP contribution >= 0.6 is 0 Å². The molecule has 0 saturated carbocycles. The lowest BCUT2D eigenvalue weighted by Gasteiger charge is -2.31. The topological polar surface area (TPSA) is 127 Å². The van der Waals surface area contributed by atoms with E-state index < -0.39 is 45.7 Å². The largest absolute Gasteiger partial charge is 0.871 e. The van der Waals surface area contributed by atoms with Gasteiger partial charge in [-0.05, 0) is 122 Å². The van der Waals surface area contributed by atoms with E-state index in [4.69, 9.17) is 0 Å². The maximum absolute atomic E-state index is 13.6. The highest BCUT2D eigenvalue weighted by molar-refractivity contribution is 6.52. The molecular formula is C60H48N2O6. The molecule has 0 amide bonds. The van der Waals surface area contributed by atoms with Gasteiger partial charge in [0.1, 0.15) is 23.0 Å². The van der Waals surface area contributed by atoms with E-state index in [9.17, 15) is 30.3 Å². The van der Waals surface area contributed by atoms with Crippen LogP contribution < -0.4 is 25.0 Å². The third-order valence-electron chi connectivity index (χ3n) is 12.1. The van der Waals surface area contributed by atoms with Gasteiger partial charge in [0.05, 0.1) is 10.8 Å². The molecule has 0 bridgehead atoms. The minimum absolute atomic E-state index is 0.317. The molecule has 0 saturated heterocycles. The average molecular weight is 893 g/mol. The summed E-state index contributed by atoms with van der Waals surface area (Å²) >= 11 is 0. The zero-order valence-corrected chi connectivity index (χ0v) is 38.0. The number of phenolic OH excluding ortho intramolecular Hbond substituents is 4. The molecule has 0 aliphatic heterocycles. The molecule has 2 aliphatic carbocycles. The van der Waals surface area contributed by atoms with Gasteiger partial charge in [-0.25, -0.2) is 0 Å². The SMILES string of the molecule is Cc1ccc(N(c2ccc(C)cc2)c2ccc(/C=C/c3cc(O)c(C4=C([O-])C(=c5c(O)cc(=CC=C6C=CC(=[N+](c7ccc(C)cc7)c7ccc(C)cc7)C=C6)cc5O)C4=O)c(O)c3)cc2)cc1. The van der Waals surface area contributed by atoms with E-state index in [0.717, 1.165) is 45.3 Å². The van der Waals surface area contributed by atoms with E-state index >= 15 is 0 Å². The number of phenols is 4. The third kappa shape index (κ3) is 9.03. The van der Waals surface area contributed by atoms with Gasteiger partial charge >= 0.3 is 0 Å². The number of nitrogens with zero attached hydrogens (tertiary/aromatic N) is 2. The molecule has 7 aromatic rings. The van der Waals surface area contributed by atoms with Crippen molar-refractivity contribution in [2.45, 2.75) is 27.7 Å². The number of carbonyl (C=O) groups excluding carboxylic acids is 1. The number of carbonyl (C=O) groups is 1. The van der Waals surface area contributed by atoms with Crippen molar-refractivity contribution in [2.24, 2.45) is 0 Å². The molecule has 0 fully saturated rings. The number of anilines is 3. The van der Waals surface area contributed by atoms with Crippen molar-refractivity contribution in [3.8, 4) is 23.0 Å². The maximum Gasteiger partial charge on any atom is 0.211 e. The minimum atomic E-state index is -0.825. The molecule has 0 spiro atoms. The summed E-state index contributed by atoms with van der Waals surface area (Å²) in [4.78, 5) is 15.7. The molecule has 9 rings (SSSR count). The van der Waals surface area contributed by atoms with Crippen molar-refractivity contribution in [1.29, 1.82) is 0 Å². The lowest BCUT2D eigenvalue weighted by Crippen LogP contribution is -2.33. The van der Waals surface area contributed by atoms with Gasteiger partial charge in [-0.3, -0.25) is 4.79 Å². The number of Topliss-reactive ketones (excluding diaryl/α,β-unsaturated/α-hetero) is 1. The zero-order chi connectivity index (χ0) is 47.6. The van der Waals surface area contributed by atoms with Crippen molar-refractivity contribution < 1.29 is 30.3 Å². The highest BCUT2D eigenvalue weighted by Gasteiger charge is 2.34. The van der Waals surface area contributed by atoms with E-state index in [2.05, 4.69) is 134 Å². The van der Waals surface area contributed by atoms with Crippen molar-refractivity contribution in [3.05, 3.63) is 237 Å². The van der Waals surface area contributed by atoms with E-state index in [1.165, 1.54) is 46.5 Å². The standard InChI is InChI=1S/C60H48N2O6/c1-37-5-21-45(22-6-37)61(46-23-7-38(2)8-24-46)49-29-17-41(18-30-49)13-15-43-33-51(63)55(52(64)34-43)57-59(67)58(60(57)68)56-53(65)35-44(36-54(56)66)16-14-42-19-31-50(32-20-42)62(47-25-9-39(3)10-26-47)48-27-11-40(4)12-28-48/h5-36H,1-4H3,(H4,63,64,65,66,67,68)/b15-13+. The van der Waals surface area contributed by atoms with Crippen molar-refractivity contribution >= 4 is 69.3 Å². The summed E-state index contributed by atoms with van der Waals surface area (Å²) < 4.78 is 2.18. The van der Waals surface area contributed by atoms with Gasteiger partial charge in [0, 0.05) is 64.6 Å². The summed E-state index contributed by atoms with van der Waals surface area (Å²) in [6.07, 6.45) is 15.0. The van der Waals surface area contributed by atoms with Crippen LogP contribution in [0.1, 0.15) is 38.9 Å². The number of hydrogen-bond donors (Lipinski definition) is 4. The van der Waals surface area contributed by atoms with E-state index in [1.54, 1.807) is 12.2 Å². The van der Waals surface area contributed by atoms with Gasteiger partial charge in [0.2, 0.25) is 17.1 Å². The number of allylic oxidation sites excluding steroid dienone is 8. The minimum Gasteiger partial charge on any atom is -0.871 e. The first-order chi connectivity index (χ1) is 32.8. The summed E-state index contributed by atoms with van der Waals surface area (Å²) in [6, 6.07) is 46.8. The first-order valence-corrected chi connectivity index (χ1v) is 22.2. The van der Waals surface area contributed by atoms with Gasteiger partial charge in [-0.1, -0.05) is 113 Å². The molecule has 0 aromatic heterocycles. The predicted octanol–water partition coefficient (Wildman–Crippen LogP) is 10.7. The van der Waals surface area contributed by atoms with E-state index in [1.807, 2.05) is 60.7 Å². The molecule has 0 atom stereocenters. The molecule has 334 valence electrons. The Morgan fingerprint density at radius 2 is 0.912 bits per heavy atom. The van der Waals surface area contributed by atoms with Gasteiger partial charge in [0.15, 0.2) is 5.78 Å². The summed E-state index contributed by atoms with van der Waals surface area (Å²) in [6.45, 7) is 8.23. The second-order valence-electron chi connectivity index (χ2n) is 17.1. The van der Waals surface area contributed by atoms with Crippen LogP contribution in [0.25, 0.3) is 29.4 Å².